The number of carbonyl (C=O) groups excluding carboxylic acids is 1. The lowest BCUT2D eigenvalue weighted by Gasteiger charge is -2.06. The molecule has 1 aromatic carbocycles. The average Bonchev–Trinajstić information content (AvgIpc) is 3.35. The summed E-state index contributed by atoms with van der Waals surface area (Å²) in [5.41, 5.74) is 4.23. The van der Waals surface area contributed by atoms with E-state index in [2.05, 4.69) is 20.3 Å². The summed E-state index contributed by atoms with van der Waals surface area (Å²) in [4.78, 5) is 24.0. The quantitative estimate of drug-likeness (QED) is 0.468. The number of aromatic amines is 1. The van der Waals surface area contributed by atoms with E-state index in [0.29, 0.717) is 40.6 Å². The van der Waals surface area contributed by atoms with Crippen LogP contribution in [0.15, 0.2) is 55.1 Å². The van der Waals surface area contributed by atoms with Crippen LogP contribution in [0.1, 0.15) is 21.7 Å². The van der Waals surface area contributed by atoms with Gasteiger partial charge in [0, 0.05) is 41.6 Å². The fourth-order valence-electron chi connectivity index (χ4n) is 3.05. The van der Waals surface area contributed by atoms with Gasteiger partial charge in [0.05, 0.1) is 29.9 Å². The Labute approximate surface area is 166 Å². The predicted molar refractivity (Wildman–Crippen MR) is 106 cm³/mol. The zero-order chi connectivity index (χ0) is 19.5. The zero-order valence-corrected chi connectivity index (χ0v) is 15.6. The molecular formula is C20H18ClN5O2. The topological polar surface area (TPSA) is 95.3 Å². The molecule has 0 radical (unpaired) electrons. The van der Waals surface area contributed by atoms with Gasteiger partial charge in [0.25, 0.3) is 5.91 Å². The fourth-order valence-corrected chi connectivity index (χ4v) is 3.18. The zero-order valence-electron chi connectivity index (χ0n) is 14.9. The SMILES string of the molecule is O=C(NCCc1cnc[nH]1)c1ccc2nc(-c3ccc(Cl)cc3)c(CO)n2c1. The largest absolute Gasteiger partial charge is 0.390 e. The maximum absolute atomic E-state index is 12.5. The van der Waals surface area contributed by atoms with E-state index in [-0.39, 0.29) is 12.5 Å². The van der Waals surface area contributed by atoms with Crippen molar-refractivity contribution in [1.82, 2.24) is 24.7 Å². The summed E-state index contributed by atoms with van der Waals surface area (Å²) < 4.78 is 1.74. The first kappa shape index (κ1) is 18.2. The van der Waals surface area contributed by atoms with Gasteiger partial charge in [-0.3, -0.25) is 4.79 Å². The van der Waals surface area contributed by atoms with Crippen LogP contribution < -0.4 is 5.32 Å². The molecule has 0 saturated carbocycles. The number of hydrogen-bond donors (Lipinski definition) is 3. The van der Waals surface area contributed by atoms with Crippen molar-refractivity contribution in [2.24, 2.45) is 0 Å². The number of aliphatic hydroxyl groups excluding tert-OH is 1. The van der Waals surface area contributed by atoms with Crippen molar-refractivity contribution >= 4 is 23.2 Å². The van der Waals surface area contributed by atoms with Gasteiger partial charge >= 0.3 is 0 Å². The minimum Gasteiger partial charge on any atom is -0.390 e. The van der Waals surface area contributed by atoms with Gasteiger partial charge in [-0.1, -0.05) is 23.7 Å². The number of halogens is 1. The third-order valence-electron chi connectivity index (χ3n) is 4.48. The molecule has 0 aliphatic carbocycles. The molecule has 3 aromatic heterocycles. The van der Waals surface area contributed by atoms with E-state index in [1.54, 1.807) is 47.4 Å². The molecule has 0 fully saturated rings. The van der Waals surface area contributed by atoms with E-state index in [4.69, 9.17) is 11.6 Å². The minimum absolute atomic E-state index is 0.188. The van der Waals surface area contributed by atoms with Gasteiger partial charge in [0.1, 0.15) is 5.65 Å². The molecule has 0 spiro atoms. The standard InChI is InChI=1S/C20H18ClN5O2/c21-15-4-1-13(2-5-15)19-17(11-27)26-10-14(3-6-18(26)25-19)20(28)23-8-7-16-9-22-12-24-16/h1-6,9-10,12,27H,7-8,11H2,(H,22,24)(H,23,28). The monoisotopic (exact) mass is 395 g/mol. The Hall–Kier alpha value is -3.16. The number of nitrogens with one attached hydrogen (secondary N) is 2. The molecular weight excluding hydrogens is 378 g/mol. The van der Waals surface area contributed by atoms with Crippen LogP contribution in [0, 0.1) is 0 Å². The van der Waals surface area contributed by atoms with Crippen LogP contribution in [0.3, 0.4) is 0 Å². The third-order valence-corrected chi connectivity index (χ3v) is 4.73. The van der Waals surface area contributed by atoms with Crippen LogP contribution in [0.25, 0.3) is 16.9 Å². The Morgan fingerprint density at radius 3 is 2.75 bits per heavy atom. The molecule has 0 saturated heterocycles. The molecule has 1 amide bonds. The highest BCUT2D eigenvalue weighted by atomic mass is 35.5. The molecule has 142 valence electrons. The lowest BCUT2D eigenvalue weighted by atomic mass is 10.1. The maximum atomic E-state index is 12.5. The lowest BCUT2D eigenvalue weighted by molar-refractivity contribution is 0.0953. The maximum Gasteiger partial charge on any atom is 0.252 e. The first-order chi connectivity index (χ1) is 13.7. The number of amides is 1. The van der Waals surface area contributed by atoms with Crippen LogP contribution in [0.2, 0.25) is 5.02 Å². The summed E-state index contributed by atoms with van der Waals surface area (Å²) in [6, 6.07) is 10.8. The van der Waals surface area contributed by atoms with Crippen molar-refractivity contribution < 1.29 is 9.90 Å². The van der Waals surface area contributed by atoms with Crippen molar-refractivity contribution in [3.05, 3.63) is 77.1 Å². The molecule has 28 heavy (non-hydrogen) atoms. The van der Waals surface area contributed by atoms with Crippen LogP contribution >= 0.6 is 11.6 Å². The Morgan fingerprint density at radius 2 is 2.04 bits per heavy atom. The number of rotatable bonds is 6. The van der Waals surface area contributed by atoms with E-state index >= 15 is 0 Å². The second kappa shape index (κ2) is 7.84. The van der Waals surface area contributed by atoms with E-state index < -0.39 is 0 Å². The van der Waals surface area contributed by atoms with Crippen LogP contribution in [0.5, 0.6) is 0 Å². The van der Waals surface area contributed by atoms with Gasteiger partial charge in [-0.25, -0.2) is 9.97 Å². The number of carbonyl (C=O) groups is 1. The number of benzene rings is 1. The Morgan fingerprint density at radius 1 is 1.21 bits per heavy atom. The highest BCUT2D eigenvalue weighted by Crippen LogP contribution is 2.26. The van der Waals surface area contributed by atoms with Crippen LogP contribution in [-0.2, 0) is 13.0 Å². The van der Waals surface area contributed by atoms with Gasteiger partial charge in [0.2, 0.25) is 0 Å². The highest BCUT2D eigenvalue weighted by Gasteiger charge is 2.15. The number of fused-ring (bicyclic) bond motifs is 1. The summed E-state index contributed by atoms with van der Waals surface area (Å²) in [5, 5.41) is 13.4. The van der Waals surface area contributed by atoms with Crippen LogP contribution in [0.4, 0.5) is 0 Å². The minimum atomic E-state index is -0.204. The highest BCUT2D eigenvalue weighted by molar-refractivity contribution is 6.30. The molecule has 4 aromatic rings. The van der Waals surface area contributed by atoms with Gasteiger partial charge in [-0.15, -0.1) is 0 Å². The van der Waals surface area contributed by atoms with E-state index in [0.717, 1.165) is 11.3 Å². The molecule has 0 bridgehead atoms. The number of nitrogens with zero attached hydrogens (tertiary/aromatic N) is 3. The van der Waals surface area contributed by atoms with Gasteiger partial charge in [-0.2, -0.15) is 0 Å². The first-order valence-electron chi connectivity index (χ1n) is 8.79. The number of aliphatic hydroxyl groups is 1. The summed E-state index contributed by atoms with van der Waals surface area (Å²) in [6.07, 6.45) is 5.70. The normalized spacial score (nSPS) is 11.1. The first-order valence-corrected chi connectivity index (χ1v) is 9.17. The summed E-state index contributed by atoms with van der Waals surface area (Å²) in [5.74, 6) is -0.188. The lowest BCUT2D eigenvalue weighted by Crippen LogP contribution is -2.26. The molecule has 0 atom stereocenters. The molecule has 7 nitrogen and oxygen atoms in total. The van der Waals surface area contributed by atoms with Crippen LogP contribution in [-0.4, -0.2) is 36.9 Å². The number of imidazole rings is 2. The summed E-state index contributed by atoms with van der Waals surface area (Å²) in [7, 11) is 0. The molecule has 4 rings (SSSR count). The van der Waals surface area contributed by atoms with Crippen molar-refractivity contribution in [1.29, 1.82) is 0 Å². The summed E-state index contributed by atoms with van der Waals surface area (Å²) >= 11 is 5.96. The predicted octanol–water partition coefficient (Wildman–Crippen LogP) is 2.84. The Bertz CT molecular complexity index is 1100. The summed E-state index contributed by atoms with van der Waals surface area (Å²) in [6.45, 7) is 0.288. The van der Waals surface area contributed by atoms with Crippen molar-refractivity contribution in [2.45, 2.75) is 13.0 Å². The van der Waals surface area contributed by atoms with E-state index in [9.17, 15) is 9.90 Å². The molecule has 0 unspecified atom stereocenters. The molecule has 3 N–H and O–H groups in total. The Kier molecular flexibility index (Phi) is 5.10. The number of hydrogen-bond acceptors (Lipinski definition) is 4. The molecule has 0 aliphatic heterocycles. The smallest absolute Gasteiger partial charge is 0.252 e. The second-order valence-corrected chi connectivity index (χ2v) is 6.74. The molecule has 0 aliphatic rings. The Balaban J connectivity index is 1.59. The van der Waals surface area contributed by atoms with Gasteiger partial charge in [-0.05, 0) is 24.3 Å². The van der Waals surface area contributed by atoms with Crippen molar-refractivity contribution in [2.75, 3.05) is 6.54 Å². The number of pyridine rings is 1. The van der Waals surface area contributed by atoms with Gasteiger partial charge in [0.15, 0.2) is 0 Å². The third kappa shape index (κ3) is 3.62. The van der Waals surface area contributed by atoms with Gasteiger partial charge < -0.3 is 19.8 Å². The molecule has 8 heteroatoms. The van der Waals surface area contributed by atoms with E-state index in [1.165, 1.54) is 0 Å². The number of aromatic nitrogens is 4. The van der Waals surface area contributed by atoms with E-state index in [1.807, 2.05) is 12.1 Å². The average molecular weight is 396 g/mol. The van der Waals surface area contributed by atoms with Crippen molar-refractivity contribution in [3.8, 4) is 11.3 Å². The molecule has 3 heterocycles. The number of H-pyrrole nitrogens is 1. The second-order valence-electron chi connectivity index (χ2n) is 6.30. The fraction of sp³-hybridized carbons (Fsp3) is 0.150. The van der Waals surface area contributed by atoms with Crippen molar-refractivity contribution in [3.63, 3.8) is 0 Å².